The first-order valence-corrected chi connectivity index (χ1v) is 7.47. The third-order valence-corrected chi connectivity index (χ3v) is 4.53. The summed E-state index contributed by atoms with van der Waals surface area (Å²) in [7, 11) is 0. The minimum absolute atomic E-state index is 0.0774. The summed E-state index contributed by atoms with van der Waals surface area (Å²) in [5, 5.41) is 0. The first-order valence-electron chi connectivity index (χ1n) is 6.28. The molecule has 1 aromatic heterocycles. The molecule has 0 radical (unpaired) electrons. The fraction of sp³-hybridized carbons (Fsp3) is 0.692. The Kier molecular flexibility index (Phi) is 4.34. The number of hydrogen-bond donors (Lipinski definition) is 1. The molecule has 1 saturated heterocycles. The van der Waals surface area contributed by atoms with E-state index in [-0.39, 0.29) is 17.7 Å². The molecule has 2 rings (SSSR count). The van der Waals surface area contributed by atoms with Gasteiger partial charge in [-0.15, -0.1) is 11.3 Å². The van der Waals surface area contributed by atoms with Crippen molar-refractivity contribution in [2.24, 2.45) is 5.73 Å². The average molecular weight is 289 g/mol. The third-order valence-electron chi connectivity index (χ3n) is 3.23. The van der Waals surface area contributed by atoms with Crippen LogP contribution < -0.4 is 5.73 Å². The zero-order valence-corrected chi connectivity index (χ0v) is 12.7. The lowest BCUT2D eigenvalue weighted by atomic mass is 10.0. The largest absolute Gasteiger partial charge is 0.373 e. The zero-order chi connectivity index (χ0) is 13.3. The van der Waals surface area contributed by atoms with Gasteiger partial charge in [0, 0.05) is 24.0 Å². The van der Waals surface area contributed by atoms with Gasteiger partial charge in [-0.05, 0) is 32.9 Å². The highest BCUT2D eigenvalue weighted by Crippen LogP contribution is 2.34. The number of halogens is 1. The molecule has 1 aliphatic rings. The first-order chi connectivity index (χ1) is 8.39. The lowest BCUT2D eigenvalue weighted by Gasteiger charge is -2.43. The number of thiophene rings is 1. The Morgan fingerprint density at radius 2 is 2.22 bits per heavy atom. The Balaban J connectivity index is 2.20. The normalized spacial score (nSPS) is 23.8. The Labute approximate surface area is 118 Å². The van der Waals surface area contributed by atoms with Crippen LogP contribution in [0.25, 0.3) is 0 Å². The summed E-state index contributed by atoms with van der Waals surface area (Å²) in [5.41, 5.74) is 6.07. The summed E-state index contributed by atoms with van der Waals surface area (Å²) in [4.78, 5) is 3.66. The van der Waals surface area contributed by atoms with Crippen molar-refractivity contribution in [1.82, 2.24) is 4.90 Å². The molecule has 3 nitrogen and oxygen atoms in total. The van der Waals surface area contributed by atoms with E-state index in [0.717, 1.165) is 24.0 Å². The molecule has 2 heterocycles. The van der Waals surface area contributed by atoms with Crippen molar-refractivity contribution in [2.75, 3.05) is 19.7 Å². The smallest absolute Gasteiger partial charge is 0.0931 e. The van der Waals surface area contributed by atoms with Crippen molar-refractivity contribution in [2.45, 2.75) is 38.5 Å². The molecule has 0 aliphatic carbocycles. The first kappa shape index (κ1) is 14.3. The molecule has 2 atom stereocenters. The molecule has 2 N–H and O–H groups in total. The van der Waals surface area contributed by atoms with Crippen molar-refractivity contribution in [1.29, 1.82) is 0 Å². The Bertz CT molecular complexity index is 405. The van der Waals surface area contributed by atoms with Crippen LogP contribution in [-0.4, -0.2) is 36.2 Å². The van der Waals surface area contributed by atoms with Crippen molar-refractivity contribution >= 4 is 22.9 Å². The van der Waals surface area contributed by atoms with Gasteiger partial charge in [-0.3, -0.25) is 4.90 Å². The van der Waals surface area contributed by atoms with Crippen LogP contribution in [0, 0.1) is 0 Å². The Morgan fingerprint density at radius 1 is 1.50 bits per heavy atom. The predicted molar refractivity (Wildman–Crippen MR) is 77.3 cm³/mol. The van der Waals surface area contributed by atoms with Crippen LogP contribution >= 0.6 is 22.9 Å². The summed E-state index contributed by atoms with van der Waals surface area (Å²) in [5.74, 6) is 0. The minimum atomic E-state index is -0.105. The molecule has 1 fully saturated rings. The molecule has 1 aliphatic heterocycles. The molecule has 18 heavy (non-hydrogen) atoms. The van der Waals surface area contributed by atoms with Gasteiger partial charge < -0.3 is 10.5 Å². The van der Waals surface area contributed by atoms with Crippen LogP contribution in [-0.2, 0) is 4.74 Å². The van der Waals surface area contributed by atoms with Crippen molar-refractivity contribution < 1.29 is 4.74 Å². The standard InChI is InChI=1S/C13H21ClN2OS/c1-9(15)12(10-4-5-11(14)18-10)16-6-7-17-13(2,3)8-16/h4-5,9,12H,6-8,15H2,1-3H3. The quantitative estimate of drug-likeness (QED) is 0.929. The molecule has 0 spiro atoms. The Hall–Kier alpha value is -0.130. The van der Waals surface area contributed by atoms with E-state index >= 15 is 0 Å². The monoisotopic (exact) mass is 288 g/mol. The fourth-order valence-electron chi connectivity index (χ4n) is 2.55. The van der Waals surface area contributed by atoms with E-state index in [0.29, 0.717) is 0 Å². The van der Waals surface area contributed by atoms with Gasteiger partial charge in [0.1, 0.15) is 0 Å². The Morgan fingerprint density at radius 3 is 2.72 bits per heavy atom. The van der Waals surface area contributed by atoms with E-state index in [4.69, 9.17) is 22.1 Å². The maximum Gasteiger partial charge on any atom is 0.0931 e. The lowest BCUT2D eigenvalue weighted by Crippen LogP contribution is -2.52. The van der Waals surface area contributed by atoms with Crippen molar-refractivity contribution in [3.05, 3.63) is 21.3 Å². The van der Waals surface area contributed by atoms with Crippen LogP contribution in [0.15, 0.2) is 12.1 Å². The highest BCUT2D eigenvalue weighted by molar-refractivity contribution is 7.16. The highest BCUT2D eigenvalue weighted by Gasteiger charge is 2.34. The summed E-state index contributed by atoms with van der Waals surface area (Å²) < 4.78 is 6.58. The molecule has 0 bridgehead atoms. The van der Waals surface area contributed by atoms with Gasteiger partial charge in [-0.1, -0.05) is 11.6 Å². The van der Waals surface area contributed by atoms with E-state index < -0.39 is 0 Å². The van der Waals surface area contributed by atoms with Gasteiger partial charge >= 0.3 is 0 Å². The maximum atomic E-state index is 6.18. The van der Waals surface area contributed by atoms with Crippen molar-refractivity contribution in [3.63, 3.8) is 0 Å². The lowest BCUT2D eigenvalue weighted by molar-refractivity contribution is -0.0991. The topological polar surface area (TPSA) is 38.5 Å². The number of rotatable bonds is 3. The van der Waals surface area contributed by atoms with Gasteiger partial charge in [-0.2, -0.15) is 0 Å². The van der Waals surface area contributed by atoms with E-state index in [1.807, 2.05) is 6.07 Å². The molecule has 5 heteroatoms. The average Bonchev–Trinajstić information content (AvgIpc) is 2.63. The number of hydrogen-bond acceptors (Lipinski definition) is 4. The van der Waals surface area contributed by atoms with Gasteiger partial charge in [0.05, 0.1) is 22.6 Å². The molecular weight excluding hydrogens is 268 g/mol. The molecule has 0 saturated carbocycles. The number of morpholine rings is 1. The highest BCUT2D eigenvalue weighted by atomic mass is 35.5. The molecule has 102 valence electrons. The minimum Gasteiger partial charge on any atom is -0.373 e. The molecule has 1 aromatic rings. The summed E-state index contributed by atoms with van der Waals surface area (Å²) >= 11 is 7.66. The van der Waals surface area contributed by atoms with Gasteiger partial charge in [-0.25, -0.2) is 0 Å². The molecule has 0 aromatic carbocycles. The van der Waals surface area contributed by atoms with Gasteiger partial charge in [0.15, 0.2) is 0 Å². The van der Waals surface area contributed by atoms with Crippen LogP contribution in [0.2, 0.25) is 4.34 Å². The second kappa shape index (κ2) is 5.47. The van der Waals surface area contributed by atoms with Crippen LogP contribution in [0.4, 0.5) is 0 Å². The predicted octanol–water partition coefficient (Wildman–Crippen LogP) is 2.90. The van der Waals surface area contributed by atoms with E-state index in [1.165, 1.54) is 4.88 Å². The second-order valence-electron chi connectivity index (χ2n) is 5.52. The van der Waals surface area contributed by atoms with Crippen LogP contribution in [0.1, 0.15) is 31.7 Å². The van der Waals surface area contributed by atoms with Crippen LogP contribution in [0.5, 0.6) is 0 Å². The van der Waals surface area contributed by atoms with E-state index in [1.54, 1.807) is 11.3 Å². The fourth-order valence-corrected chi connectivity index (χ4v) is 3.86. The summed E-state index contributed by atoms with van der Waals surface area (Å²) in [6, 6.07) is 4.34. The SMILES string of the molecule is CC(N)C(c1ccc(Cl)s1)N1CCOC(C)(C)C1. The summed E-state index contributed by atoms with van der Waals surface area (Å²) in [6.07, 6.45) is 0. The second-order valence-corrected chi connectivity index (χ2v) is 7.27. The third kappa shape index (κ3) is 3.25. The van der Waals surface area contributed by atoms with Gasteiger partial charge in [0.25, 0.3) is 0 Å². The number of nitrogens with two attached hydrogens (primary N) is 1. The molecular formula is C13H21ClN2OS. The van der Waals surface area contributed by atoms with Crippen LogP contribution in [0.3, 0.4) is 0 Å². The molecule has 0 amide bonds. The van der Waals surface area contributed by atoms with Gasteiger partial charge in [0.2, 0.25) is 0 Å². The molecule has 2 unspecified atom stereocenters. The zero-order valence-electron chi connectivity index (χ0n) is 11.1. The summed E-state index contributed by atoms with van der Waals surface area (Å²) in [6.45, 7) is 8.88. The number of nitrogens with zero attached hydrogens (tertiary/aromatic N) is 1. The van der Waals surface area contributed by atoms with E-state index in [2.05, 4.69) is 31.7 Å². The number of ether oxygens (including phenoxy) is 1. The van der Waals surface area contributed by atoms with E-state index in [9.17, 15) is 0 Å². The maximum absolute atomic E-state index is 6.18. The van der Waals surface area contributed by atoms with Crippen molar-refractivity contribution in [3.8, 4) is 0 Å².